The van der Waals surface area contributed by atoms with E-state index in [1.54, 1.807) is 0 Å². The number of nitrogens with one attached hydrogen (secondary N) is 1. The molecule has 2 saturated heterocycles. The van der Waals surface area contributed by atoms with Crippen molar-refractivity contribution in [2.45, 2.75) is 51.1 Å². The van der Waals surface area contributed by atoms with E-state index in [0.29, 0.717) is 6.04 Å². The molecule has 0 spiro atoms. The van der Waals surface area contributed by atoms with Crippen molar-refractivity contribution in [3.8, 4) is 5.75 Å². The highest BCUT2D eigenvalue weighted by Gasteiger charge is 2.31. The molecule has 1 aromatic carbocycles. The maximum absolute atomic E-state index is 5.94. The van der Waals surface area contributed by atoms with E-state index in [0.717, 1.165) is 24.9 Å². The molecule has 0 radical (unpaired) electrons. The zero-order valence-electron chi connectivity index (χ0n) is 13.2. The second-order valence-electron chi connectivity index (χ2n) is 6.47. The Kier molecular flexibility index (Phi) is 5.15. The average Bonchev–Trinajstić information content (AvgIpc) is 3.02. The molecular formula is C18H28N2O. The summed E-state index contributed by atoms with van der Waals surface area (Å²) in [6.07, 6.45) is 6.77. The van der Waals surface area contributed by atoms with Gasteiger partial charge in [0.2, 0.25) is 0 Å². The van der Waals surface area contributed by atoms with E-state index in [2.05, 4.69) is 41.4 Å². The minimum absolute atomic E-state index is 0.712. The van der Waals surface area contributed by atoms with Crippen LogP contribution in [0, 0.1) is 6.92 Å². The maximum Gasteiger partial charge on any atom is 0.119 e. The molecule has 2 aliphatic rings. The highest BCUT2D eigenvalue weighted by atomic mass is 16.5. The van der Waals surface area contributed by atoms with Gasteiger partial charge in [0, 0.05) is 18.6 Å². The number of rotatable bonds is 5. The Hall–Kier alpha value is -1.06. The van der Waals surface area contributed by atoms with Crippen molar-refractivity contribution in [3.05, 3.63) is 29.8 Å². The maximum atomic E-state index is 5.94. The van der Waals surface area contributed by atoms with Crippen molar-refractivity contribution in [3.63, 3.8) is 0 Å². The van der Waals surface area contributed by atoms with Crippen LogP contribution >= 0.6 is 0 Å². The second-order valence-corrected chi connectivity index (χ2v) is 6.47. The topological polar surface area (TPSA) is 24.5 Å². The van der Waals surface area contributed by atoms with Gasteiger partial charge in [-0.3, -0.25) is 4.90 Å². The predicted molar refractivity (Wildman–Crippen MR) is 86.9 cm³/mol. The summed E-state index contributed by atoms with van der Waals surface area (Å²) in [5.41, 5.74) is 1.26. The fourth-order valence-corrected chi connectivity index (χ4v) is 3.78. The standard InChI is InChI=1S/C18H28N2O/c1-15-6-4-7-16(14-15)21-13-12-20-11-3-2-9-18(20)17-8-5-10-19-17/h4,6-7,14,17-19H,2-3,5,8-13H2,1H3. The molecule has 0 saturated carbocycles. The third kappa shape index (κ3) is 3.98. The molecule has 0 amide bonds. The normalized spacial score (nSPS) is 26.9. The fraction of sp³-hybridized carbons (Fsp3) is 0.667. The Morgan fingerprint density at radius 1 is 1.24 bits per heavy atom. The summed E-state index contributed by atoms with van der Waals surface area (Å²) in [5, 5.41) is 3.69. The van der Waals surface area contributed by atoms with Crippen molar-refractivity contribution in [2.75, 3.05) is 26.2 Å². The number of benzene rings is 1. The van der Waals surface area contributed by atoms with Gasteiger partial charge in [0.1, 0.15) is 12.4 Å². The van der Waals surface area contributed by atoms with Crippen LogP contribution in [0.25, 0.3) is 0 Å². The summed E-state index contributed by atoms with van der Waals surface area (Å²) in [7, 11) is 0. The van der Waals surface area contributed by atoms with Gasteiger partial charge in [0.05, 0.1) is 0 Å². The van der Waals surface area contributed by atoms with Crippen LogP contribution < -0.4 is 10.1 Å². The minimum Gasteiger partial charge on any atom is -0.492 e. The molecule has 116 valence electrons. The molecule has 2 unspecified atom stereocenters. The number of hydrogen-bond acceptors (Lipinski definition) is 3. The number of likely N-dealkylation sites (tertiary alicyclic amines) is 1. The fourth-order valence-electron chi connectivity index (χ4n) is 3.78. The average molecular weight is 288 g/mol. The van der Waals surface area contributed by atoms with E-state index in [4.69, 9.17) is 4.74 Å². The zero-order chi connectivity index (χ0) is 14.5. The number of aryl methyl sites for hydroxylation is 1. The van der Waals surface area contributed by atoms with Gasteiger partial charge in [0.15, 0.2) is 0 Å². The lowest BCUT2D eigenvalue weighted by Crippen LogP contribution is -2.51. The Balaban J connectivity index is 1.50. The molecule has 0 aliphatic carbocycles. The Bertz CT molecular complexity index is 443. The number of nitrogens with zero attached hydrogens (tertiary/aromatic N) is 1. The number of hydrogen-bond donors (Lipinski definition) is 1. The van der Waals surface area contributed by atoms with Gasteiger partial charge < -0.3 is 10.1 Å². The summed E-state index contributed by atoms with van der Waals surface area (Å²) in [6.45, 7) is 6.40. The van der Waals surface area contributed by atoms with Gasteiger partial charge in [-0.05, 0) is 63.4 Å². The Labute approximate surface area is 128 Å². The first-order chi connectivity index (χ1) is 10.3. The highest BCUT2D eigenvalue weighted by molar-refractivity contribution is 5.27. The van der Waals surface area contributed by atoms with E-state index < -0.39 is 0 Å². The third-order valence-corrected chi connectivity index (χ3v) is 4.86. The van der Waals surface area contributed by atoms with Crippen LogP contribution in [0.2, 0.25) is 0 Å². The van der Waals surface area contributed by atoms with Crippen molar-refractivity contribution in [1.29, 1.82) is 0 Å². The van der Waals surface area contributed by atoms with Crippen molar-refractivity contribution < 1.29 is 4.74 Å². The first-order valence-electron chi connectivity index (χ1n) is 8.50. The quantitative estimate of drug-likeness (QED) is 0.901. The summed E-state index contributed by atoms with van der Waals surface area (Å²) >= 11 is 0. The molecule has 2 fully saturated rings. The molecule has 0 bridgehead atoms. The smallest absolute Gasteiger partial charge is 0.119 e. The number of piperidine rings is 1. The summed E-state index contributed by atoms with van der Waals surface area (Å²) < 4.78 is 5.94. The van der Waals surface area contributed by atoms with Crippen molar-refractivity contribution in [1.82, 2.24) is 10.2 Å². The largest absolute Gasteiger partial charge is 0.492 e. The molecule has 1 aromatic rings. The van der Waals surface area contributed by atoms with Gasteiger partial charge in [-0.15, -0.1) is 0 Å². The number of ether oxygens (including phenoxy) is 1. The molecule has 1 N–H and O–H groups in total. The van der Waals surface area contributed by atoms with E-state index in [1.165, 1.54) is 50.8 Å². The van der Waals surface area contributed by atoms with Crippen LogP contribution in [-0.2, 0) is 0 Å². The van der Waals surface area contributed by atoms with Crippen LogP contribution in [0.5, 0.6) is 5.75 Å². The lowest BCUT2D eigenvalue weighted by molar-refractivity contribution is 0.101. The van der Waals surface area contributed by atoms with Crippen LogP contribution in [0.3, 0.4) is 0 Å². The molecule has 3 rings (SSSR count). The van der Waals surface area contributed by atoms with E-state index in [-0.39, 0.29) is 0 Å². The molecule has 2 atom stereocenters. The zero-order valence-corrected chi connectivity index (χ0v) is 13.2. The van der Waals surface area contributed by atoms with E-state index >= 15 is 0 Å². The van der Waals surface area contributed by atoms with E-state index in [1.807, 2.05) is 0 Å². The first kappa shape index (κ1) is 14.9. The summed E-state index contributed by atoms with van der Waals surface area (Å²) in [4.78, 5) is 2.66. The molecule has 0 aromatic heterocycles. The Morgan fingerprint density at radius 2 is 2.19 bits per heavy atom. The van der Waals surface area contributed by atoms with Gasteiger partial charge in [-0.1, -0.05) is 18.6 Å². The molecule has 2 heterocycles. The van der Waals surface area contributed by atoms with Gasteiger partial charge in [0.25, 0.3) is 0 Å². The molecular weight excluding hydrogens is 260 g/mol. The third-order valence-electron chi connectivity index (χ3n) is 4.86. The predicted octanol–water partition coefficient (Wildman–Crippen LogP) is 2.98. The SMILES string of the molecule is Cc1cccc(OCCN2CCCCC2C2CCCN2)c1. The second kappa shape index (κ2) is 7.28. The molecule has 21 heavy (non-hydrogen) atoms. The van der Waals surface area contributed by atoms with Crippen LogP contribution in [-0.4, -0.2) is 43.2 Å². The lowest BCUT2D eigenvalue weighted by atomic mass is 9.94. The lowest BCUT2D eigenvalue weighted by Gasteiger charge is -2.39. The highest BCUT2D eigenvalue weighted by Crippen LogP contribution is 2.24. The minimum atomic E-state index is 0.712. The van der Waals surface area contributed by atoms with Crippen LogP contribution in [0.15, 0.2) is 24.3 Å². The summed E-state index contributed by atoms with van der Waals surface area (Å²) in [6, 6.07) is 9.79. The molecule has 3 nitrogen and oxygen atoms in total. The molecule has 2 aliphatic heterocycles. The van der Waals surface area contributed by atoms with Crippen LogP contribution in [0.4, 0.5) is 0 Å². The van der Waals surface area contributed by atoms with Gasteiger partial charge in [-0.2, -0.15) is 0 Å². The first-order valence-corrected chi connectivity index (χ1v) is 8.50. The van der Waals surface area contributed by atoms with E-state index in [9.17, 15) is 0 Å². The van der Waals surface area contributed by atoms with Gasteiger partial charge >= 0.3 is 0 Å². The summed E-state index contributed by atoms with van der Waals surface area (Å²) in [5.74, 6) is 1.00. The van der Waals surface area contributed by atoms with Crippen LogP contribution in [0.1, 0.15) is 37.7 Å². The molecule has 3 heteroatoms. The van der Waals surface area contributed by atoms with Gasteiger partial charge in [-0.25, -0.2) is 0 Å². The van der Waals surface area contributed by atoms with Crippen molar-refractivity contribution >= 4 is 0 Å². The van der Waals surface area contributed by atoms with Crippen molar-refractivity contribution in [2.24, 2.45) is 0 Å². The monoisotopic (exact) mass is 288 g/mol. The Morgan fingerprint density at radius 3 is 3.00 bits per heavy atom.